The van der Waals surface area contributed by atoms with E-state index in [2.05, 4.69) is 44.9 Å². The number of rotatable bonds is 6. The molecule has 19 heavy (non-hydrogen) atoms. The number of hydrogen-bond acceptors (Lipinski definition) is 4. The zero-order valence-corrected chi connectivity index (χ0v) is 12.8. The molecular formula is C15H27N3O. The zero-order chi connectivity index (χ0) is 14.5. The molecule has 0 aliphatic heterocycles. The number of nitrogen functional groups attached to an aromatic ring is 1. The van der Waals surface area contributed by atoms with Crippen molar-refractivity contribution in [3.8, 4) is 5.88 Å². The van der Waals surface area contributed by atoms with E-state index in [0.29, 0.717) is 24.1 Å². The molecule has 1 heterocycles. The Balaban J connectivity index is 2.64. The Labute approximate surface area is 116 Å². The van der Waals surface area contributed by atoms with Crippen LogP contribution in [0.4, 0.5) is 11.5 Å². The molecular weight excluding hydrogens is 238 g/mol. The summed E-state index contributed by atoms with van der Waals surface area (Å²) in [5.74, 6) is 1.89. The molecule has 0 fully saturated rings. The second-order valence-corrected chi connectivity index (χ2v) is 6.09. The van der Waals surface area contributed by atoms with Crippen LogP contribution in [0.3, 0.4) is 0 Å². The molecule has 0 aliphatic carbocycles. The van der Waals surface area contributed by atoms with Crippen molar-refractivity contribution in [3.05, 3.63) is 12.1 Å². The summed E-state index contributed by atoms with van der Waals surface area (Å²) < 4.78 is 5.52. The Kier molecular flexibility index (Phi) is 5.45. The molecule has 1 unspecified atom stereocenters. The SMILES string of the molecule is CCCOc1nc(NCC(C)C(C)(C)C)ccc1N. The van der Waals surface area contributed by atoms with Crippen LogP contribution in [0.2, 0.25) is 0 Å². The molecule has 3 N–H and O–H groups in total. The molecule has 0 saturated carbocycles. The van der Waals surface area contributed by atoms with Gasteiger partial charge in [-0.25, -0.2) is 0 Å². The van der Waals surface area contributed by atoms with Gasteiger partial charge in [-0.05, 0) is 29.9 Å². The molecule has 0 saturated heterocycles. The van der Waals surface area contributed by atoms with E-state index in [1.165, 1.54) is 0 Å². The highest BCUT2D eigenvalue weighted by Crippen LogP contribution is 2.26. The average Bonchev–Trinajstić information content (AvgIpc) is 2.34. The molecule has 1 aromatic rings. The zero-order valence-electron chi connectivity index (χ0n) is 12.8. The first-order chi connectivity index (χ1) is 8.84. The minimum Gasteiger partial charge on any atom is -0.476 e. The van der Waals surface area contributed by atoms with Gasteiger partial charge in [-0.3, -0.25) is 0 Å². The first-order valence-electron chi connectivity index (χ1n) is 6.97. The van der Waals surface area contributed by atoms with Crippen molar-refractivity contribution in [2.45, 2.75) is 41.0 Å². The van der Waals surface area contributed by atoms with Crippen LogP contribution in [0, 0.1) is 11.3 Å². The van der Waals surface area contributed by atoms with Crippen LogP contribution >= 0.6 is 0 Å². The second-order valence-electron chi connectivity index (χ2n) is 6.09. The van der Waals surface area contributed by atoms with E-state index in [1.807, 2.05) is 12.1 Å². The van der Waals surface area contributed by atoms with E-state index in [-0.39, 0.29) is 5.41 Å². The quantitative estimate of drug-likeness (QED) is 0.826. The van der Waals surface area contributed by atoms with Gasteiger partial charge in [-0.2, -0.15) is 4.98 Å². The van der Waals surface area contributed by atoms with Gasteiger partial charge >= 0.3 is 0 Å². The summed E-state index contributed by atoms with van der Waals surface area (Å²) in [6, 6.07) is 3.73. The fourth-order valence-electron chi connectivity index (χ4n) is 1.43. The molecule has 0 aliphatic rings. The fraction of sp³-hybridized carbons (Fsp3) is 0.667. The standard InChI is InChI=1S/C15H27N3O/c1-6-9-19-14-12(16)7-8-13(18-14)17-10-11(2)15(3,4)5/h7-8,11H,6,9-10,16H2,1-5H3,(H,17,18). The van der Waals surface area contributed by atoms with Crippen molar-refractivity contribution >= 4 is 11.5 Å². The van der Waals surface area contributed by atoms with Gasteiger partial charge in [0.1, 0.15) is 5.82 Å². The summed E-state index contributed by atoms with van der Waals surface area (Å²) in [6.45, 7) is 12.5. The minimum absolute atomic E-state index is 0.280. The predicted molar refractivity (Wildman–Crippen MR) is 81.5 cm³/mol. The number of nitrogens with two attached hydrogens (primary N) is 1. The Morgan fingerprint density at radius 2 is 2.05 bits per heavy atom. The molecule has 0 amide bonds. The van der Waals surface area contributed by atoms with Crippen LogP contribution in [0.5, 0.6) is 5.88 Å². The molecule has 4 nitrogen and oxygen atoms in total. The number of aromatic nitrogens is 1. The Bertz CT molecular complexity index is 399. The third-order valence-corrected chi connectivity index (χ3v) is 3.40. The monoisotopic (exact) mass is 265 g/mol. The van der Waals surface area contributed by atoms with Crippen molar-refractivity contribution in [3.63, 3.8) is 0 Å². The van der Waals surface area contributed by atoms with E-state index >= 15 is 0 Å². The topological polar surface area (TPSA) is 60.2 Å². The number of pyridine rings is 1. The van der Waals surface area contributed by atoms with Crippen molar-refractivity contribution in [1.29, 1.82) is 0 Å². The normalized spacial score (nSPS) is 13.1. The van der Waals surface area contributed by atoms with Crippen molar-refractivity contribution in [1.82, 2.24) is 4.98 Å². The van der Waals surface area contributed by atoms with Crippen molar-refractivity contribution in [2.75, 3.05) is 24.2 Å². The highest BCUT2D eigenvalue weighted by Gasteiger charge is 2.19. The number of anilines is 2. The van der Waals surface area contributed by atoms with Crippen LogP contribution in [0.15, 0.2) is 12.1 Å². The molecule has 0 bridgehead atoms. The van der Waals surface area contributed by atoms with Gasteiger partial charge in [-0.1, -0.05) is 34.6 Å². The van der Waals surface area contributed by atoms with E-state index in [0.717, 1.165) is 18.8 Å². The summed E-state index contributed by atoms with van der Waals surface area (Å²) in [4.78, 5) is 4.41. The lowest BCUT2D eigenvalue weighted by Gasteiger charge is -2.27. The number of hydrogen-bond donors (Lipinski definition) is 2. The van der Waals surface area contributed by atoms with Crippen molar-refractivity contribution < 1.29 is 4.74 Å². The van der Waals surface area contributed by atoms with Gasteiger partial charge < -0.3 is 15.8 Å². The largest absolute Gasteiger partial charge is 0.476 e. The van der Waals surface area contributed by atoms with Gasteiger partial charge in [-0.15, -0.1) is 0 Å². The first kappa shape index (κ1) is 15.6. The van der Waals surface area contributed by atoms with E-state index in [1.54, 1.807) is 0 Å². The lowest BCUT2D eigenvalue weighted by Crippen LogP contribution is -2.25. The van der Waals surface area contributed by atoms with Crippen LogP contribution in [0.25, 0.3) is 0 Å². The lowest BCUT2D eigenvalue weighted by atomic mass is 9.82. The highest BCUT2D eigenvalue weighted by molar-refractivity contribution is 5.53. The average molecular weight is 265 g/mol. The molecule has 1 rings (SSSR count). The van der Waals surface area contributed by atoms with Gasteiger partial charge in [0.05, 0.1) is 12.3 Å². The highest BCUT2D eigenvalue weighted by atomic mass is 16.5. The van der Waals surface area contributed by atoms with Gasteiger partial charge in [0.2, 0.25) is 5.88 Å². The Morgan fingerprint density at radius 1 is 1.37 bits per heavy atom. The van der Waals surface area contributed by atoms with Crippen LogP contribution in [-0.2, 0) is 0 Å². The predicted octanol–water partition coefficient (Wildman–Crippen LogP) is 3.55. The molecule has 0 radical (unpaired) electrons. The summed E-state index contributed by atoms with van der Waals surface area (Å²) >= 11 is 0. The Morgan fingerprint density at radius 3 is 2.63 bits per heavy atom. The molecule has 1 aromatic heterocycles. The van der Waals surface area contributed by atoms with Crippen LogP contribution in [0.1, 0.15) is 41.0 Å². The molecule has 4 heteroatoms. The smallest absolute Gasteiger partial charge is 0.239 e. The summed E-state index contributed by atoms with van der Waals surface area (Å²) in [6.07, 6.45) is 0.944. The van der Waals surface area contributed by atoms with E-state index < -0.39 is 0 Å². The molecule has 0 aromatic carbocycles. The van der Waals surface area contributed by atoms with E-state index in [4.69, 9.17) is 10.5 Å². The number of ether oxygens (including phenoxy) is 1. The molecule has 0 spiro atoms. The molecule has 108 valence electrons. The second kappa shape index (κ2) is 6.64. The third kappa shape index (κ3) is 4.97. The molecule has 1 atom stereocenters. The van der Waals surface area contributed by atoms with Crippen molar-refractivity contribution in [2.24, 2.45) is 11.3 Å². The summed E-state index contributed by atoms with van der Waals surface area (Å²) in [5.41, 5.74) is 6.71. The van der Waals surface area contributed by atoms with E-state index in [9.17, 15) is 0 Å². The first-order valence-corrected chi connectivity index (χ1v) is 6.97. The fourth-order valence-corrected chi connectivity index (χ4v) is 1.43. The lowest BCUT2D eigenvalue weighted by molar-refractivity contribution is 0.274. The number of nitrogens with one attached hydrogen (secondary N) is 1. The maximum absolute atomic E-state index is 5.84. The summed E-state index contributed by atoms with van der Waals surface area (Å²) in [5, 5.41) is 3.35. The maximum Gasteiger partial charge on any atom is 0.239 e. The number of nitrogens with zero attached hydrogens (tertiary/aromatic N) is 1. The third-order valence-electron chi connectivity index (χ3n) is 3.40. The maximum atomic E-state index is 5.84. The summed E-state index contributed by atoms with van der Waals surface area (Å²) in [7, 11) is 0. The van der Waals surface area contributed by atoms with Gasteiger partial charge in [0.15, 0.2) is 0 Å². The Hall–Kier alpha value is -1.45. The minimum atomic E-state index is 0.280. The van der Waals surface area contributed by atoms with Gasteiger partial charge in [0, 0.05) is 6.54 Å². The van der Waals surface area contributed by atoms with Crippen LogP contribution in [-0.4, -0.2) is 18.1 Å². The van der Waals surface area contributed by atoms with Gasteiger partial charge in [0.25, 0.3) is 0 Å². The van der Waals surface area contributed by atoms with Crippen LogP contribution < -0.4 is 15.8 Å².